The van der Waals surface area contributed by atoms with Gasteiger partial charge in [-0.25, -0.2) is 9.89 Å². The van der Waals surface area contributed by atoms with E-state index in [1.807, 2.05) is 42.5 Å². The molecule has 1 N–H and O–H groups in total. The second-order valence-electron chi connectivity index (χ2n) is 4.43. The third-order valence-corrected chi connectivity index (χ3v) is 3.30. The highest BCUT2D eigenvalue weighted by atomic mass is 35.5. The Morgan fingerprint density at radius 1 is 1.05 bits per heavy atom. The number of benzene rings is 2. The van der Waals surface area contributed by atoms with Gasteiger partial charge in [0.25, 0.3) is 0 Å². The van der Waals surface area contributed by atoms with E-state index in [1.54, 1.807) is 16.7 Å². The first-order chi connectivity index (χ1) is 9.74. The van der Waals surface area contributed by atoms with Crippen LogP contribution in [-0.2, 0) is 6.54 Å². The molecule has 3 aromatic rings. The van der Waals surface area contributed by atoms with Crippen molar-refractivity contribution in [2.24, 2.45) is 0 Å². The van der Waals surface area contributed by atoms with Crippen molar-refractivity contribution in [1.82, 2.24) is 14.8 Å². The Morgan fingerprint density at radius 2 is 1.75 bits per heavy atom. The molecule has 1 heterocycles. The summed E-state index contributed by atoms with van der Waals surface area (Å²) < 4.78 is 1.61. The van der Waals surface area contributed by atoms with Crippen molar-refractivity contribution in [3.05, 3.63) is 75.7 Å². The summed E-state index contributed by atoms with van der Waals surface area (Å²) in [5.41, 5.74) is 1.67. The van der Waals surface area contributed by atoms with Crippen molar-refractivity contribution in [2.45, 2.75) is 6.54 Å². The van der Waals surface area contributed by atoms with Gasteiger partial charge in [0.15, 0.2) is 5.82 Å². The minimum absolute atomic E-state index is 0.223. The van der Waals surface area contributed by atoms with Crippen LogP contribution in [0.1, 0.15) is 5.56 Å². The molecule has 0 saturated carbocycles. The summed E-state index contributed by atoms with van der Waals surface area (Å²) in [6, 6.07) is 17.0. The van der Waals surface area contributed by atoms with E-state index in [0.29, 0.717) is 17.4 Å². The van der Waals surface area contributed by atoms with Crippen LogP contribution in [0.3, 0.4) is 0 Å². The Morgan fingerprint density at radius 3 is 2.45 bits per heavy atom. The van der Waals surface area contributed by atoms with Crippen molar-refractivity contribution in [3.8, 4) is 11.4 Å². The average molecular weight is 286 g/mol. The first-order valence-corrected chi connectivity index (χ1v) is 6.57. The van der Waals surface area contributed by atoms with Crippen LogP contribution in [0.4, 0.5) is 0 Å². The highest BCUT2D eigenvalue weighted by molar-refractivity contribution is 6.30. The average Bonchev–Trinajstić information content (AvgIpc) is 2.83. The maximum atomic E-state index is 11.9. The molecule has 0 amide bonds. The van der Waals surface area contributed by atoms with Gasteiger partial charge >= 0.3 is 5.69 Å². The van der Waals surface area contributed by atoms with E-state index in [0.717, 1.165) is 11.1 Å². The van der Waals surface area contributed by atoms with Crippen molar-refractivity contribution in [2.75, 3.05) is 0 Å². The van der Waals surface area contributed by atoms with E-state index in [4.69, 9.17) is 11.6 Å². The number of nitrogens with one attached hydrogen (secondary N) is 1. The van der Waals surface area contributed by atoms with Crippen LogP contribution in [0, 0.1) is 0 Å². The summed E-state index contributed by atoms with van der Waals surface area (Å²) in [7, 11) is 0. The summed E-state index contributed by atoms with van der Waals surface area (Å²) in [5.74, 6) is 0.607. The molecule has 0 atom stereocenters. The predicted octanol–water partition coefficient (Wildman–Crippen LogP) is 2.94. The van der Waals surface area contributed by atoms with Gasteiger partial charge in [-0.15, -0.1) is 0 Å². The fraction of sp³-hybridized carbons (Fsp3) is 0.0667. The molecular formula is C15H12ClN3O. The highest BCUT2D eigenvalue weighted by Crippen LogP contribution is 2.19. The van der Waals surface area contributed by atoms with E-state index >= 15 is 0 Å². The van der Waals surface area contributed by atoms with Crippen LogP contribution in [-0.4, -0.2) is 14.8 Å². The van der Waals surface area contributed by atoms with Gasteiger partial charge in [0, 0.05) is 10.6 Å². The SMILES string of the molecule is O=c1[nH]nc(-c2ccc(Cl)cc2)n1Cc1ccccc1. The Bertz CT molecular complexity index is 760. The third kappa shape index (κ3) is 2.51. The summed E-state index contributed by atoms with van der Waals surface area (Å²) in [5, 5.41) is 7.24. The summed E-state index contributed by atoms with van der Waals surface area (Å²) in [4.78, 5) is 11.9. The lowest BCUT2D eigenvalue weighted by atomic mass is 10.2. The molecule has 0 aliphatic heterocycles. The highest BCUT2D eigenvalue weighted by Gasteiger charge is 2.10. The van der Waals surface area contributed by atoms with Crippen LogP contribution >= 0.6 is 11.6 Å². The molecule has 4 nitrogen and oxygen atoms in total. The number of rotatable bonds is 3. The number of aromatic nitrogens is 3. The lowest BCUT2D eigenvalue weighted by Gasteiger charge is -2.06. The summed E-state index contributed by atoms with van der Waals surface area (Å²) in [6.07, 6.45) is 0. The number of hydrogen-bond donors (Lipinski definition) is 1. The Hall–Kier alpha value is -2.33. The summed E-state index contributed by atoms with van der Waals surface area (Å²) in [6.45, 7) is 0.480. The molecule has 0 saturated heterocycles. The summed E-state index contributed by atoms with van der Waals surface area (Å²) >= 11 is 5.88. The van der Waals surface area contributed by atoms with Crippen molar-refractivity contribution in [3.63, 3.8) is 0 Å². The Labute approximate surface area is 120 Å². The van der Waals surface area contributed by atoms with Crippen LogP contribution in [0.5, 0.6) is 0 Å². The van der Waals surface area contributed by atoms with Crippen LogP contribution in [0.15, 0.2) is 59.4 Å². The molecule has 5 heteroatoms. The lowest BCUT2D eigenvalue weighted by Crippen LogP contribution is -2.18. The van der Waals surface area contributed by atoms with Crippen LogP contribution in [0.25, 0.3) is 11.4 Å². The van der Waals surface area contributed by atoms with Gasteiger partial charge in [-0.2, -0.15) is 5.10 Å². The van der Waals surface area contributed by atoms with E-state index < -0.39 is 0 Å². The second-order valence-corrected chi connectivity index (χ2v) is 4.87. The predicted molar refractivity (Wildman–Crippen MR) is 78.8 cm³/mol. The van der Waals surface area contributed by atoms with Gasteiger partial charge in [0.05, 0.1) is 6.54 Å². The maximum absolute atomic E-state index is 11.9. The Balaban J connectivity index is 2.01. The van der Waals surface area contributed by atoms with Gasteiger partial charge in [-0.05, 0) is 29.8 Å². The molecule has 3 rings (SSSR count). The minimum atomic E-state index is -0.223. The van der Waals surface area contributed by atoms with Gasteiger partial charge in [-0.1, -0.05) is 41.9 Å². The first-order valence-electron chi connectivity index (χ1n) is 6.19. The molecule has 0 radical (unpaired) electrons. The fourth-order valence-corrected chi connectivity index (χ4v) is 2.18. The van der Waals surface area contributed by atoms with E-state index in [9.17, 15) is 4.79 Å². The lowest BCUT2D eigenvalue weighted by molar-refractivity contribution is 0.769. The van der Waals surface area contributed by atoms with Gasteiger partial charge in [0.2, 0.25) is 0 Å². The first kappa shape index (κ1) is 12.7. The van der Waals surface area contributed by atoms with E-state index in [2.05, 4.69) is 10.2 Å². The van der Waals surface area contributed by atoms with Crippen molar-refractivity contribution in [1.29, 1.82) is 0 Å². The third-order valence-electron chi connectivity index (χ3n) is 3.04. The number of hydrogen-bond acceptors (Lipinski definition) is 2. The van der Waals surface area contributed by atoms with Crippen LogP contribution in [0.2, 0.25) is 5.02 Å². The molecule has 1 aromatic heterocycles. The molecule has 100 valence electrons. The molecule has 0 aliphatic carbocycles. The largest absolute Gasteiger partial charge is 0.343 e. The van der Waals surface area contributed by atoms with Crippen molar-refractivity contribution < 1.29 is 0 Å². The number of H-pyrrole nitrogens is 1. The standard InChI is InChI=1S/C15H12ClN3O/c16-13-8-6-12(7-9-13)14-17-18-15(20)19(14)10-11-4-2-1-3-5-11/h1-9H,10H2,(H,18,20). The maximum Gasteiger partial charge on any atom is 0.343 e. The molecule has 0 unspecified atom stereocenters. The monoisotopic (exact) mass is 285 g/mol. The van der Waals surface area contributed by atoms with Gasteiger partial charge in [-0.3, -0.25) is 4.57 Å². The fourth-order valence-electron chi connectivity index (χ4n) is 2.05. The zero-order chi connectivity index (χ0) is 13.9. The Kier molecular flexibility index (Phi) is 3.39. The van der Waals surface area contributed by atoms with E-state index in [-0.39, 0.29) is 5.69 Å². The van der Waals surface area contributed by atoms with E-state index in [1.165, 1.54) is 0 Å². The van der Waals surface area contributed by atoms with Gasteiger partial charge in [0.1, 0.15) is 0 Å². The molecular weight excluding hydrogens is 274 g/mol. The van der Waals surface area contributed by atoms with Crippen molar-refractivity contribution >= 4 is 11.6 Å². The number of aromatic amines is 1. The molecule has 0 aliphatic rings. The molecule has 20 heavy (non-hydrogen) atoms. The van der Waals surface area contributed by atoms with Crippen LogP contribution < -0.4 is 5.69 Å². The zero-order valence-electron chi connectivity index (χ0n) is 10.6. The zero-order valence-corrected chi connectivity index (χ0v) is 11.3. The van der Waals surface area contributed by atoms with Gasteiger partial charge < -0.3 is 0 Å². The number of nitrogens with zero attached hydrogens (tertiary/aromatic N) is 2. The number of halogens is 1. The topological polar surface area (TPSA) is 50.7 Å². The minimum Gasteiger partial charge on any atom is -0.271 e. The molecule has 2 aromatic carbocycles. The molecule has 0 spiro atoms. The normalized spacial score (nSPS) is 10.7. The quantitative estimate of drug-likeness (QED) is 0.804. The molecule has 0 fully saturated rings. The second kappa shape index (κ2) is 5.35. The smallest absolute Gasteiger partial charge is 0.271 e. The molecule has 0 bridgehead atoms.